The predicted molar refractivity (Wildman–Crippen MR) is 115 cm³/mol. The number of benzene rings is 2. The number of rotatable bonds is 7. The third kappa shape index (κ3) is 6.30. The molecule has 0 saturated carbocycles. The third-order valence-corrected chi connectivity index (χ3v) is 6.49. The molecule has 156 valence electrons. The van der Waals surface area contributed by atoms with Crippen molar-refractivity contribution in [3.8, 4) is 0 Å². The van der Waals surface area contributed by atoms with E-state index in [1.807, 2.05) is 32.9 Å². The van der Waals surface area contributed by atoms with Crippen LogP contribution in [0.3, 0.4) is 0 Å². The summed E-state index contributed by atoms with van der Waals surface area (Å²) in [4.78, 5) is 26.0. The van der Waals surface area contributed by atoms with Crippen LogP contribution in [-0.4, -0.2) is 44.5 Å². The molecular formula is C21H25ClN2O4S. The van der Waals surface area contributed by atoms with Crippen molar-refractivity contribution < 1.29 is 18.0 Å². The molecule has 0 atom stereocenters. The van der Waals surface area contributed by atoms with Crippen LogP contribution in [-0.2, 0) is 19.4 Å². The van der Waals surface area contributed by atoms with Gasteiger partial charge in [0.15, 0.2) is 9.84 Å². The minimum atomic E-state index is -3.60. The van der Waals surface area contributed by atoms with Crippen molar-refractivity contribution in [2.45, 2.75) is 32.1 Å². The number of halogens is 1. The van der Waals surface area contributed by atoms with E-state index in [0.717, 1.165) is 22.4 Å². The van der Waals surface area contributed by atoms with Gasteiger partial charge in [-0.05, 0) is 56.2 Å². The van der Waals surface area contributed by atoms with Gasteiger partial charge in [-0.25, -0.2) is 8.42 Å². The van der Waals surface area contributed by atoms with Crippen molar-refractivity contribution in [3.05, 3.63) is 58.1 Å². The lowest BCUT2D eigenvalue weighted by atomic mass is 10.1. The zero-order valence-electron chi connectivity index (χ0n) is 17.0. The molecule has 8 heteroatoms. The lowest BCUT2D eigenvalue weighted by Gasteiger charge is -2.18. The molecule has 0 aromatic heterocycles. The molecule has 2 amide bonds. The molecule has 0 fully saturated rings. The number of nitrogens with zero attached hydrogens (tertiary/aromatic N) is 1. The van der Waals surface area contributed by atoms with Crippen LogP contribution in [0.4, 0.5) is 5.69 Å². The highest BCUT2D eigenvalue weighted by molar-refractivity contribution is 7.91. The van der Waals surface area contributed by atoms with Crippen LogP contribution in [0.2, 0.25) is 5.02 Å². The molecule has 2 rings (SSSR count). The van der Waals surface area contributed by atoms with Crippen molar-refractivity contribution in [2.24, 2.45) is 0 Å². The maximum atomic E-state index is 12.3. The predicted octanol–water partition coefficient (Wildman–Crippen LogP) is 3.53. The molecular weight excluding hydrogens is 412 g/mol. The van der Waals surface area contributed by atoms with Gasteiger partial charge >= 0.3 is 0 Å². The average molecular weight is 437 g/mol. The monoisotopic (exact) mass is 436 g/mol. The zero-order chi connectivity index (χ0) is 21.8. The molecule has 0 spiro atoms. The summed E-state index contributed by atoms with van der Waals surface area (Å²) in [5, 5.41) is 3.27. The minimum absolute atomic E-state index is 0.111. The standard InChI is InChI=1S/C21H25ClN2O4S/c1-14-11-15(2)21(16(3)12-14)23-19(25)13-24(4)20(26)9-10-29(27,28)18-7-5-17(22)6-8-18/h5-8,11-12H,9-10,13H2,1-4H3,(H,23,25). The second kappa shape index (κ2) is 9.41. The molecule has 0 aliphatic heterocycles. The summed E-state index contributed by atoms with van der Waals surface area (Å²) < 4.78 is 24.7. The van der Waals surface area contributed by atoms with Gasteiger partial charge in [-0.2, -0.15) is 0 Å². The molecule has 0 heterocycles. The molecule has 2 aromatic rings. The number of hydrogen-bond donors (Lipinski definition) is 1. The fourth-order valence-corrected chi connectivity index (χ4v) is 4.39. The molecule has 6 nitrogen and oxygen atoms in total. The molecule has 29 heavy (non-hydrogen) atoms. The summed E-state index contributed by atoms with van der Waals surface area (Å²) in [5.41, 5.74) is 3.72. The van der Waals surface area contributed by atoms with Crippen LogP contribution in [0, 0.1) is 20.8 Å². The van der Waals surface area contributed by atoms with Gasteiger partial charge in [0.1, 0.15) is 0 Å². The third-order valence-electron chi connectivity index (χ3n) is 4.51. The average Bonchev–Trinajstić information content (AvgIpc) is 2.63. The van der Waals surface area contributed by atoms with Gasteiger partial charge in [-0.15, -0.1) is 0 Å². The number of nitrogens with one attached hydrogen (secondary N) is 1. The van der Waals surface area contributed by atoms with E-state index in [4.69, 9.17) is 11.6 Å². The molecule has 0 bridgehead atoms. The van der Waals surface area contributed by atoms with Gasteiger partial charge in [-0.3, -0.25) is 9.59 Å². The number of likely N-dealkylation sites (N-methyl/N-ethyl adjacent to an activating group) is 1. The van der Waals surface area contributed by atoms with Gasteiger partial charge in [0, 0.05) is 24.2 Å². The summed E-state index contributed by atoms with van der Waals surface area (Å²) in [6.07, 6.45) is -0.211. The number of carbonyl (C=O) groups excluding carboxylic acids is 2. The molecule has 0 unspecified atom stereocenters. The maximum Gasteiger partial charge on any atom is 0.243 e. The van der Waals surface area contributed by atoms with Crippen LogP contribution < -0.4 is 5.32 Å². The van der Waals surface area contributed by atoms with Gasteiger partial charge in [0.2, 0.25) is 11.8 Å². The number of amides is 2. The Balaban J connectivity index is 1.93. The van der Waals surface area contributed by atoms with E-state index in [1.54, 1.807) is 0 Å². The van der Waals surface area contributed by atoms with Crippen LogP contribution in [0.1, 0.15) is 23.1 Å². The molecule has 0 radical (unpaired) electrons. The van der Waals surface area contributed by atoms with E-state index in [2.05, 4.69) is 5.32 Å². The second-order valence-corrected chi connectivity index (χ2v) is 9.64. The Bertz CT molecular complexity index is 994. The summed E-state index contributed by atoms with van der Waals surface area (Å²) in [6, 6.07) is 9.73. The van der Waals surface area contributed by atoms with E-state index in [9.17, 15) is 18.0 Å². The topological polar surface area (TPSA) is 83.6 Å². The summed E-state index contributed by atoms with van der Waals surface area (Å²) in [7, 11) is -2.13. The first-order valence-corrected chi connectivity index (χ1v) is 11.1. The van der Waals surface area contributed by atoms with Crippen molar-refractivity contribution >= 4 is 38.9 Å². The van der Waals surface area contributed by atoms with E-state index in [-0.39, 0.29) is 29.5 Å². The van der Waals surface area contributed by atoms with Crippen LogP contribution >= 0.6 is 11.6 Å². The fraction of sp³-hybridized carbons (Fsp3) is 0.333. The Hall–Kier alpha value is -2.38. The Morgan fingerprint density at radius 1 is 1.03 bits per heavy atom. The molecule has 1 N–H and O–H groups in total. The van der Waals surface area contributed by atoms with Crippen LogP contribution in [0.25, 0.3) is 0 Å². The molecule has 2 aromatic carbocycles. The summed E-state index contributed by atoms with van der Waals surface area (Å²) in [5.74, 6) is -1.10. The SMILES string of the molecule is Cc1cc(C)c(NC(=O)CN(C)C(=O)CCS(=O)(=O)c2ccc(Cl)cc2)c(C)c1. The highest BCUT2D eigenvalue weighted by atomic mass is 35.5. The second-order valence-electron chi connectivity index (χ2n) is 7.09. The first kappa shape index (κ1) is 22.9. The first-order chi connectivity index (χ1) is 13.5. The van der Waals surface area contributed by atoms with Gasteiger partial charge in [0.25, 0.3) is 0 Å². The smallest absolute Gasteiger partial charge is 0.243 e. The van der Waals surface area contributed by atoms with Crippen molar-refractivity contribution in [1.82, 2.24) is 4.90 Å². The highest BCUT2D eigenvalue weighted by Crippen LogP contribution is 2.22. The van der Waals surface area contributed by atoms with E-state index in [1.165, 1.54) is 36.2 Å². The fourth-order valence-electron chi connectivity index (χ4n) is 3.03. The van der Waals surface area contributed by atoms with Crippen molar-refractivity contribution in [2.75, 3.05) is 24.7 Å². The van der Waals surface area contributed by atoms with Gasteiger partial charge in [0.05, 0.1) is 17.2 Å². The lowest BCUT2D eigenvalue weighted by molar-refractivity contribution is -0.132. The Labute approximate surface area is 176 Å². The minimum Gasteiger partial charge on any atom is -0.336 e. The van der Waals surface area contributed by atoms with Crippen molar-refractivity contribution in [1.29, 1.82) is 0 Å². The molecule has 0 saturated heterocycles. The Kier molecular flexibility index (Phi) is 7.43. The number of anilines is 1. The summed E-state index contributed by atoms with van der Waals surface area (Å²) >= 11 is 5.77. The normalized spacial score (nSPS) is 11.2. The Morgan fingerprint density at radius 2 is 1.59 bits per heavy atom. The zero-order valence-corrected chi connectivity index (χ0v) is 18.5. The number of carbonyl (C=O) groups is 2. The van der Waals surface area contributed by atoms with Crippen LogP contribution in [0.15, 0.2) is 41.3 Å². The summed E-state index contributed by atoms with van der Waals surface area (Å²) in [6.45, 7) is 5.64. The quantitative estimate of drug-likeness (QED) is 0.719. The number of aryl methyl sites for hydroxylation is 3. The van der Waals surface area contributed by atoms with Crippen molar-refractivity contribution in [3.63, 3.8) is 0 Å². The number of sulfone groups is 1. The van der Waals surface area contributed by atoms with Gasteiger partial charge < -0.3 is 10.2 Å². The lowest BCUT2D eigenvalue weighted by Crippen LogP contribution is -2.35. The number of hydrogen-bond acceptors (Lipinski definition) is 4. The van der Waals surface area contributed by atoms with E-state index < -0.39 is 15.7 Å². The van der Waals surface area contributed by atoms with Crippen LogP contribution in [0.5, 0.6) is 0 Å². The van der Waals surface area contributed by atoms with Gasteiger partial charge in [-0.1, -0.05) is 29.3 Å². The largest absolute Gasteiger partial charge is 0.336 e. The molecule has 0 aliphatic carbocycles. The van der Waals surface area contributed by atoms with E-state index in [0.29, 0.717) is 5.02 Å². The van der Waals surface area contributed by atoms with E-state index >= 15 is 0 Å². The molecule has 0 aliphatic rings. The Morgan fingerprint density at radius 3 is 2.14 bits per heavy atom. The maximum absolute atomic E-state index is 12.3. The highest BCUT2D eigenvalue weighted by Gasteiger charge is 2.20. The first-order valence-electron chi connectivity index (χ1n) is 9.09.